The van der Waals surface area contributed by atoms with Crippen LogP contribution in [0.1, 0.15) is 11.3 Å². The number of amides is 2. The normalized spacial score (nSPS) is 15.8. The van der Waals surface area contributed by atoms with Crippen LogP contribution in [-0.2, 0) is 4.79 Å². The van der Waals surface area contributed by atoms with Crippen LogP contribution in [0, 0.1) is 6.92 Å². The number of carbonyl (C=O) groups is 2. The van der Waals surface area contributed by atoms with E-state index in [1.165, 1.54) is 4.90 Å². The Morgan fingerprint density at radius 1 is 1.15 bits per heavy atom. The molecule has 3 rings (SSSR count). The van der Waals surface area contributed by atoms with Gasteiger partial charge in [-0.2, -0.15) is 0 Å². The first-order valence-electron chi connectivity index (χ1n) is 8.16. The number of rotatable bonds is 6. The molecular weight excluding hydrogens is 352 g/mol. The van der Waals surface area contributed by atoms with Gasteiger partial charge in [0.25, 0.3) is 11.1 Å². The molecule has 2 aromatic rings. The lowest BCUT2D eigenvalue weighted by molar-refractivity contribution is -0.123. The number of hydrogen-bond donors (Lipinski definition) is 0. The first-order valence-corrected chi connectivity index (χ1v) is 8.97. The van der Waals surface area contributed by atoms with Crippen LogP contribution in [0.5, 0.6) is 5.75 Å². The Bertz CT molecular complexity index is 839. The van der Waals surface area contributed by atoms with Gasteiger partial charge in [-0.3, -0.25) is 14.5 Å². The van der Waals surface area contributed by atoms with Gasteiger partial charge in [0.15, 0.2) is 5.88 Å². The standard InChI is InChI=1S/C19H20N2O4S/c1-13-4-6-14(7-5-13)24-11-10-21-18(22)16(26-19(21)23)12-15-8-9-17(25-15)20(2)3/h4-9,12H,10-11H2,1-3H3/b16-12-. The van der Waals surface area contributed by atoms with Crippen LogP contribution in [0.3, 0.4) is 0 Å². The van der Waals surface area contributed by atoms with Crippen LogP contribution in [0.4, 0.5) is 10.7 Å². The van der Waals surface area contributed by atoms with Crippen molar-refractivity contribution >= 4 is 34.9 Å². The van der Waals surface area contributed by atoms with Crippen molar-refractivity contribution in [3.8, 4) is 5.75 Å². The predicted molar refractivity (Wildman–Crippen MR) is 102 cm³/mol. The molecule has 136 valence electrons. The Labute approximate surface area is 156 Å². The van der Waals surface area contributed by atoms with E-state index < -0.39 is 0 Å². The Morgan fingerprint density at radius 2 is 1.88 bits per heavy atom. The van der Waals surface area contributed by atoms with E-state index in [4.69, 9.17) is 9.15 Å². The molecule has 0 bridgehead atoms. The number of benzene rings is 1. The summed E-state index contributed by atoms with van der Waals surface area (Å²) >= 11 is 0.912. The number of carbonyl (C=O) groups excluding carboxylic acids is 2. The molecule has 1 aromatic carbocycles. The maximum atomic E-state index is 12.5. The molecule has 0 atom stereocenters. The largest absolute Gasteiger partial charge is 0.492 e. The first-order chi connectivity index (χ1) is 12.4. The predicted octanol–water partition coefficient (Wildman–Crippen LogP) is 3.77. The summed E-state index contributed by atoms with van der Waals surface area (Å²) < 4.78 is 11.2. The van der Waals surface area contributed by atoms with Crippen molar-refractivity contribution < 1.29 is 18.7 Å². The molecule has 6 nitrogen and oxygen atoms in total. The van der Waals surface area contributed by atoms with Crippen molar-refractivity contribution in [1.29, 1.82) is 0 Å². The molecule has 7 heteroatoms. The third kappa shape index (κ3) is 4.11. The summed E-state index contributed by atoms with van der Waals surface area (Å²) in [4.78, 5) is 27.9. The van der Waals surface area contributed by atoms with Gasteiger partial charge >= 0.3 is 0 Å². The molecule has 0 spiro atoms. The van der Waals surface area contributed by atoms with Gasteiger partial charge in [0.2, 0.25) is 0 Å². The van der Waals surface area contributed by atoms with E-state index in [9.17, 15) is 9.59 Å². The van der Waals surface area contributed by atoms with E-state index in [1.54, 1.807) is 12.1 Å². The minimum Gasteiger partial charge on any atom is -0.492 e. The average Bonchev–Trinajstić information content (AvgIpc) is 3.17. The zero-order valence-corrected chi connectivity index (χ0v) is 15.7. The van der Waals surface area contributed by atoms with Crippen LogP contribution in [0.2, 0.25) is 0 Å². The summed E-state index contributed by atoms with van der Waals surface area (Å²) in [6.07, 6.45) is 1.60. The lowest BCUT2D eigenvalue weighted by atomic mass is 10.2. The molecule has 2 amide bonds. The maximum absolute atomic E-state index is 12.5. The SMILES string of the molecule is Cc1ccc(OCCN2C(=O)S/C(=C\c3ccc(N(C)C)o3)C2=O)cc1. The van der Waals surface area contributed by atoms with E-state index in [0.717, 1.165) is 17.3 Å². The van der Waals surface area contributed by atoms with Gasteiger partial charge in [-0.1, -0.05) is 17.7 Å². The van der Waals surface area contributed by atoms with Gasteiger partial charge in [-0.15, -0.1) is 0 Å². The number of hydrogen-bond acceptors (Lipinski definition) is 6. The van der Waals surface area contributed by atoms with Gasteiger partial charge in [0.1, 0.15) is 18.1 Å². The molecule has 2 heterocycles. The molecule has 1 aromatic heterocycles. The highest BCUT2D eigenvalue weighted by molar-refractivity contribution is 8.18. The zero-order valence-electron chi connectivity index (χ0n) is 14.9. The number of nitrogens with zero attached hydrogens (tertiary/aromatic N) is 2. The van der Waals surface area contributed by atoms with Crippen LogP contribution in [0.15, 0.2) is 45.7 Å². The summed E-state index contributed by atoms with van der Waals surface area (Å²) in [5, 5.41) is -0.298. The monoisotopic (exact) mass is 372 g/mol. The van der Waals surface area contributed by atoms with Gasteiger partial charge in [-0.25, -0.2) is 0 Å². The van der Waals surface area contributed by atoms with E-state index >= 15 is 0 Å². The van der Waals surface area contributed by atoms with Crippen LogP contribution < -0.4 is 9.64 Å². The van der Waals surface area contributed by atoms with E-state index in [1.807, 2.05) is 56.3 Å². The molecule has 1 saturated heterocycles. The Morgan fingerprint density at radius 3 is 2.54 bits per heavy atom. The molecule has 1 fully saturated rings. The Kier molecular flexibility index (Phi) is 5.37. The summed E-state index contributed by atoms with van der Waals surface area (Å²) in [5.41, 5.74) is 1.14. The quantitative estimate of drug-likeness (QED) is 0.720. The fourth-order valence-electron chi connectivity index (χ4n) is 2.37. The van der Waals surface area contributed by atoms with E-state index in [2.05, 4.69) is 0 Å². The number of furan rings is 1. The Balaban J connectivity index is 1.61. The fourth-order valence-corrected chi connectivity index (χ4v) is 3.22. The Hall–Kier alpha value is -2.67. The van der Waals surface area contributed by atoms with Gasteiger partial charge in [0, 0.05) is 26.2 Å². The van der Waals surface area contributed by atoms with E-state index in [-0.39, 0.29) is 24.3 Å². The average molecular weight is 372 g/mol. The molecule has 26 heavy (non-hydrogen) atoms. The van der Waals surface area contributed by atoms with Gasteiger partial charge in [-0.05, 0) is 36.9 Å². The highest BCUT2D eigenvalue weighted by atomic mass is 32.2. The topological polar surface area (TPSA) is 63.0 Å². The van der Waals surface area contributed by atoms with Crippen LogP contribution in [0.25, 0.3) is 6.08 Å². The van der Waals surface area contributed by atoms with Crippen molar-refractivity contribution in [2.24, 2.45) is 0 Å². The number of aryl methyl sites for hydroxylation is 1. The second-order valence-electron chi connectivity index (χ2n) is 6.07. The van der Waals surface area contributed by atoms with E-state index in [0.29, 0.717) is 22.3 Å². The minimum absolute atomic E-state index is 0.205. The minimum atomic E-state index is -0.324. The van der Waals surface area contributed by atoms with Crippen molar-refractivity contribution in [2.75, 3.05) is 32.1 Å². The lowest BCUT2D eigenvalue weighted by Crippen LogP contribution is -2.32. The third-order valence-corrected chi connectivity index (χ3v) is 4.71. The zero-order chi connectivity index (χ0) is 18.7. The maximum Gasteiger partial charge on any atom is 0.293 e. The van der Waals surface area contributed by atoms with Crippen molar-refractivity contribution in [3.63, 3.8) is 0 Å². The molecule has 0 radical (unpaired) electrons. The summed E-state index contributed by atoms with van der Waals surface area (Å²) in [5.74, 6) is 1.61. The summed E-state index contributed by atoms with van der Waals surface area (Å²) in [6, 6.07) is 11.2. The summed E-state index contributed by atoms with van der Waals surface area (Å²) in [7, 11) is 3.73. The number of imide groups is 1. The molecule has 0 aliphatic carbocycles. The molecule has 1 aliphatic rings. The lowest BCUT2D eigenvalue weighted by Gasteiger charge is -2.13. The van der Waals surface area contributed by atoms with Crippen LogP contribution >= 0.6 is 11.8 Å². The first kappa shape index (κ1) is 18.1. The smallest absolute Gasteiger partial charge is 0.293 e. The van der Waals surface area contributed by atoms with Gasteiger partial charge < -0.3 is 14.1 Å². The highest BCUT2D eigenvalue weighted by Gasteiger charge is 2.35. The van der Waals surface area contributed by atoms with Crippen molar-refractivity contribution in [1.82, 2.24) is 4.90 Å². The van der Waals surface area contributed by atoms with Gasteiger partial charge in [0.05, 0.1) is 11.4 Å². The molecule has 0 saturated carbocycles. The number of thioether (sulfide) groups is 1. The number of anilines is 1. The molecular formula is C19H20N2O4S. The number of ether oxygens (including phenoxy) is 1. The second-order valence-corrected chi connectivity index (χ2v) is 7.06. The molecule has 1 aliphatic heterocycles. The fraction of sp³-hybridized carbons (Fsp3) is 0.263. The van der Waals surface area contributed by atoms with Crippen molar-refractivity contribution in [2.45, 2.75) is 6.92 Å². The molecule has 0 N–H and O–H groups in total. The summed E-state index contributed by atoms with van der Waals surface area (Å²) in [6.45, 7) is 2.45. The third-order valence-electron chi connectivity index (χ3n) is 3.80. The molecule has 0 unspecified atom stereocenters. The van der Waals surface area contributed by atoms with Crippen molar-refractivity contribution in [3.05, 3.63) is 52.6 Å². The highest BCUT2D eigenvalue weighted by Crippen LogP contribution is 2.32. The second kappa shape index (κ2) is 7.70. The van der Waals surface area contributed by atoms with Crippen LogP contribution in [-0.4, -0.2) is 43.3 Å².